The second kappa shape index (κ2) is 13.8. The van der Waals surface area contributed by atoms with Gasteiger partial charge in [0.25, 0.3) is 0 Å². The van der Waals surface area contributed by atoms with Crippen LogP contribution in [0.1, 0.15) is 138 Å². The average molecular weight is 774 g/mol. The molecular formula is C41H63N3O9S. The predicted molar refractivity (Wildman–Crippen MR) is 200 cm³/mol. The molecule has 2 aliphatic heterocycles. The van der Waals surface area contributed by atoms with E-state index in [4.69, 9.17) is 9.47 Å². The number of amides is 3. The van der Waals surface area contributed by atoms with Crippen LogP contribution in [-0.2, 0) is 38.7 Å². The van der Waals surface area contributed by atoms with E-state index in [1.807, 2.05) is 27.7 Å². The standard InChI is InChI=1S/C41H63N3O9S/c1-7-26-19-39(26,35(48)43-54(50,51)28-14-15-28)21-32(46)30-20-41(38(5,6)40(41)16-11-17-40)24-44(30)34(47)29(37(2,3)4)18-31(45)33(25-12-9-8-10-13-25)42-36(49)53-27-22-52-23-27/h25-30,33H,7-24H2,1-6H3,(H,42,49)(H,43,48)/t26-,29-,30+,33+,39-,41-/m1/s1. The Kier molecular flexibility index (Phi) is 10.2. The fraction of sp³-hybridized carbons (Fsp3) is 0.878. The maximum Gasteiger partial charge on any atom is 0.408 e. The fourth-order valence-electron chi connectivity index (χ4n) is 11.5. The fourth-order valence-corrected chi connectivity index (χ4v) is 12.9. The molecule has 12 nitrogen and oxygen atoms in total. The smallest absolute Gasteiger partial charge is 0.408 e. The summed E-state index contributed by atoms with van der Waals surface area (Å²) >= 11 is 0. The number of nitrogens with zero attached hydrogens (tertiary/aromatic N) is 1. The lowest BCUT2D eigenvalue weighted by Crippen LogP contribution is -2.52. The molecule has 5 saturated carbocycles. The number of nitrogens with one attached hydrogen (secondary N) is 2. The molecule has 7 aliphatic rings. The molecule has 2 N–H and O–H groups in total. The summed E-state index contributed by atoms with van der Waals surface area (Å²) in [5.74, 6) is -2.16. The molecule has 6 atom stereocenters. The maximum absolute atomic E-state index is 15.1. The van der Waals surface area contributed by atoms with Crippen molar-refractivity contribution in [2.45, 2.75) is 161 Å². The zero-order chi connectivity index (χ0) is 39.1. The van der Waals surface area contributed by atoms with Crippen LogP contribution >= 0.6 is 0 Å². The summed E-state index contributed by atoms with van der Waals surface area (Å²) < 4.78 is 38.6. The first kappa shape index (κ1) is 39.7. The van der Waals surface area contributed by atoms with E-state index in [-0.39, 0.29) is 64.5 Å². The van der Waals surface area contributed by atoms with Crippen molar-refractivity contribution in [2.24, 2.45) is 44.8 Å². The van der Waals surface area contributed by atoms with Gasteiger partial charge < -0.3 is 19.7 Å². The van der Waals surface area contributed by atoms with Gasteiger partial charge in [-0.15, -0.1) is 0 Å². The zero-order valence-corrected chi connectivity index (χ0v) is 34.1. The van der Waals surface area contributed by atoms with Crippen LogP contribution in [0, 0.1) is 44.8 Å². The largest absolute Gasteiger partial charge is 0.441 e. The molecule has 0 aromatic carbocycles. The van der Waals surface area contributed by atoms with Crippen molar-refractivity contribution in [1.29, 1.82) is 0 Å². The molecule has 2 heterocycles. The highest BCUT2D eigenvalue weighted by atomic mass is 32.2. The molecule has 5 aliphatic carbocycles. The predicted octanol–water partition coefficient (Wildman–Crippen LogP) is 5.46. The Morgan fingerprint density at radius 1 is 0.926 bits per heavy atom. The summed E-state index contributed by atoms with van der Waals surface area (Å²) in [7, 11) is -3.79. The van der Waals surface area contributed by atoms with E-state index in [2.05, 4.69) is 23.9 Å². The van der Waals surface area contributed by atoms with Gasteiger partial charge in [0.15, 0.2) is 17.7 Å². The van der Waals surface area contributed by atoms with Gasteiger partial charge in [0.05, 0.1) is 36.0 Å². The van der Waals surface area contributed by atoms with E-state index < -0.39 is 56.1 Å². The number of hydrogen-bond acceptors (Lipinski definition) is 9. The van der Waals surface area contributed by atoms with Crippen molar-refractivity contribution in [3.63, 3.8) is 0 Å². The van der Waals surface area contributed by atoms with Crippen molar-refractivity contribution in [3.05, 3.63) is 0 Å². The molecule has 2 spiro atoms. The second-order valence-corrected chi connectivity index (χ2v) is 21.7. The monoisotopic (exact) mass is 773 g/mol. The van der Waals surface area contributed by atoms with Gasteiger partial charge in [-0.3, -0.25) is 23.9 Å². The number of carbonyl (C=O) groups is 5. The number of likely N-dealkylation sites (tertiary alicyclic amines) is 1. The van der Waals surface area contributed by atoms with E-state index in [0.717, 1.165) is 51.4 Å². The van der Waals surface area contributed by atoms with Crippen molar-refractivity contribution in [2.75, 3.05) is 19.8 Å². The molecule has 0 aromatic rings. The second-order valence-electron chi connectivity index (χ2n) is 19.8. The van der Waals surface area contributed by atoms with Crippen molar-refractivity contribution >= 4 is 39.5 Å². The highest BCUT2D eigenvalue weighted by Crippen LogP contribution is 2.88. The van der Waals surface area contributed by atoms with E-state index in [1.54, 1.807) is 4.90 Å². The number of ketones is 2. The number of fused-ring (bicyclic) bond motifs is 1. The molecule has 13 heteroatoms. The Hall–Kier alpha value is -2.54. The minimum Gasteiger partial charge on any atom is -0.441 e. The third-order valence-electron chi connectivity index (χ3n) is 15.7. The molecule has 0 radical (unpaired) electrons. The third-order valence-corrected chi connectivity index (χ3v) is 17.5. The van der Waals surface area contributed by atoms with Gasteiger partial charge in [-0.1, -0.05) is 73.6 Å². The topological polar surface area (TPSA) is 165 Å². The van der Waals surface area contributed by atoms with Crippen LogP contribution in [0.4, 0.5) is 4.79 Å². The van der Waals surface area contributed by atoms with Crippen LogP contribution in [0.5, 0.6) is 0 Å². The Balaban J connectivity index is 1.14. The summed E-state index contributed by atoms with van der Waals surface area (Å²) in [5.41, 5.74) is -2.04. The first-order valence-electron chi connectivity index (χ1n) is 20.8. The molecule has 0 unspecified atom stereocenters. The van der Waals surface area contributed by atoms with Crippen LogP contribution in [0.15, 0.2) is 0 Å². The Labute approximate surface area is 321 Å². The number of sulfonamides is 1. The molecule has 54 heavy (non-hydrogen) atoms. The van der Waals surface area contributed by atoms with Crippen LogP contribution in [-0.4, -0.2) is 86.0 Å². The minimum absolute atomic E-state index is 0.0430. The maximum atomic E-state index is 15.1. The Morgan fingerprint density at radius 3 is 2.09 bits per heavy atom. The van der Waals surface area contributed by atoms with E-state index in [9.17, 15) is 27.6 Å². The Bertz CT molecular complexity index is 1650. The number of alkyl carbamates (subject to hydrolysis) is 1. The molecule has 302 valence electrons. The first-order valence-corrected chi connectivity index (χ1v) is 22.3. The number of hydrogen-bond donors (Lipinski definition) is 2. The van der Waals surface area contributed by atoms with Gasteiger partial charge in [0.2, 0.25) is 21.8 Å². The summed E-state index contributed by atoms with van der Waals surface area (Å²) in [6.45, 7) is 13.4. The van der Waals surface area contributed by atoms with Gasteiger partial charge in [-0.25, -0.2) is 13.2 Å². The minimum atomic E-state index is -3.79. The average Bonchev–Trinajstić information content (AvgIpc) is 4.01. The van der Waals surface area contributed by atoms with Crippen molar-refractivity contribution in [3.8, 4) is 0 Å². The summed E-state index contributed by atoms with van der Waals surface area (Å²) in [6.07, 6.45) is 9.27. The number of Topliss-reactive ketones (excluding diaryl/α,β-unsaturated/α-hetero) is 2. The zero-order valence-electron chi connectivity index (χ0n) is 33.3. The molecule has 3 amide bonds. The van der Waals surface area contributed by atoms with Gasteiger partial charge >= 0.3 is 6.09 Å². The van der Waals surface area contributed by atoms with E-state index in [0.29, 0.717) is 51.9 Å². The van der Waals surface area contributed by atoms with Crippen LogP contribution in [0.3, 0.4) is 0 Å². The quantitative estimate of drug-likeness (QED) is 0.233. The molecule has 7 rings (SSSR count). The van der Waals surface area contributed by atoms with Gasteiger partial charge in [0, 0.05) is 30.7 Å². The van der Waals surface area contributed by atoms with Crippen LogP contribution < -0.4 is 10.0 Å². The SMILES string of the molecule is CC[C@@H]1C[C@]1(CC(=O)[C@@H]1C[C@@]2(CN1C(=O)[C@@H](CC(=O)[C@@H](NC(=O)OC1COC1)C1CCCCC1)C(C)(C)C)C(C)(C)C21CCC1)C(=O)NS(=O)(=O)C1CC1. The van der Waals surface area contributed by atoms with Gasteiger partial charge in [-0.2, -0.15) is 0 Å². The molecule has 0 bridgehead atoms. The Morgan fingerprint density at radius 2 is 1.59 bits per heavy atom. The molecule has 7 fully saturated rings. The molecular weight excluding hydrogens is 711 g/mol. The number of ether oxygens (including phenoxy) is 2. The highest BCUT2D eigenvalue weighted by Gasteiger charge is 2.85. The summed E-state index contributed by atoms with van der Waals surface area (Å²) in [4.78, 5) is 72.7. The van der Waals surface area contributed by atoms with E-state index in [1.165, 1.54) is 0 Å². The van der Waals surface area contributed by atoms with Crippen LogP contribution in [0.2, 0.25) is 0 Å². The highest BCUT2D eigenvalue weighted by molar-refractivity contribution is 7.90. The van der Waals surface area contributed by atoms with Crippen LogP contribution in [0.25, 0.3) is 0 Å². The van der Waals surface area contributed by atoms with E-state index >= 15 is 4.79 Å². The number of carbonyl (C=O) groups excluding carboxylic acids is 5. The molecule has 0 aromatic heterocycles. The molecule has 2 saturated heterocycles. The third kappa shape index (κ3) is 6.62. The lowest BCUT2D eigenvalue weighted by molar-refractivity contribution is -0.146. The van der Waals surface area contributed by atoms with Crippen molar-refractivity contribution in [1.82, 2.24) is 14.9 Å². The van der Waals surface area contributed by atoms with Gasteiger partial charge in [-0.05, 0) is 79.4 Å². The number of rotatable bonds is 14. The first-order chi connectivity index (χ1) is 25.3. The normalized spacial score (nSPS) is 32.6. The van der Waals surface area contributed by atoms with Crippen molar-refractivity contribution < 1.29 is 41.9 Å². The summed E-state index contributed by atoms with van der Waals surface area (Å²) in [6, 6.07) is -1.56. The summed E-state index contributed by atoms with van der Waals surface area (Å²) in [5, 5.41) is 2.34. The lowest BCUT2D eigenvalue weighted by atomic mass is 9.73. The van der Waals surface area contributed by atoms with Gasteiger partial charge in [0.1, 0.15) is 0 Å². The lowest BCUT2D eigenvalue weighted by Gasteiger charge is -2.37.